The Balaban J connectivity index is 1.49. The van der Waals surface area contributed by atoms with Crippen LogP contribution in [0.1, 0.15) is 34.9 Å². The number of oxime groups is 1. The number of hydrogen-bond donors (Lipinski definition) is 0. The predicted octanol–water partition coefficient (Wildman–Crippen LogP) is 2.63. The second kappa shape index (κ2) is 7.45. The molecule has 0 saturated heterocycles. The van der Waals surface area contributed by atoms with Crippen LogP contribution in [0.4, 0.5) is 0 Å². The van der Waals surface area contributed by atoms with Gasteiger partial charge in [0.2, 0.25) is 5.84 Å². The molecule has 0 bridgehead atoms. The van der Waals surface area contributed by atoms with E-state index in [2.05, 4.69) is 37.5 Å². The maximum Gasteiger partial charge on any atom is 0.203 e. The van der Waals surface area contributed by atoms with E-state index >= 15 is 0 Å². The van der Waals surface area contributed by atoms with Crippen molar-refractivity contribution in [2.24, 2.45) is 11.1 Å². The van der Waals surface area contributed by atoms with Gasteiger partial charge in [-0.3, -0.25) is 0 Å². The van der Waals surface area contributed by atoms with Gasteiger partial charge in [0.1, 0.15) is 0 Å². The minimum atomic E-state index is 0.263. The van der Waals surface area contributed by atoms with Gasteiger partial charge in [-0.1, -0.05) is 41.4 Å². The molecule has 2 aromatic heterocycles. The third-order valence-electron chi connectivity index (χ3n) is 3.73. The normalized spacial score (nSPS) is 14.0. The van der Waals surface area contributed by atoms with Crippen molar-refractivity contribution in [3.63, 3.8) is 0 Å². The lowest BCUT2D eigenvalue weighted by molar-refractivity contribution is 0.127. The average molecular weight is 364 g/mol. The highest BCUT2D eigenvalue weighted by atomic mass is 32.1. The summed E-state index contributed by atoms with van der Waals surface area (Å²) in [5, 5.41) is 18.6. The zero-order valence-corrected chi connectivity index (χ0v) is 15.0. The van der Waals surface area contributed by atoms with Crippen LogP contribution in [-0.4, -0.2) is 31.0 Å². The second-order valence-corrected chi connectivity index (χ2v) is 6.74. The van der Waals surface area contributed by atoms with Crippen LogP contribution in [0.5, 0.6) is 0 Å². The van der Waals surface area contributed by atoms with Crippen molar-refractivity contribution in [3.05, 3.63) is 57.8 Å². The Morgan fingerprint density at radius 2 is 2.19 bits per heavy atom. The predicted molar refractivity (Wildman–Crippen MR) is 97.4 cm³/mol. The monoisotopic (exact) mass is 364 g/mol. The zero-order chi connectivity index (χ0) is 17.8. The molecule has 1 aromatic carbocycles. The van der Waals surface area contributed by atoms with Gasteiger partial charge < -0.3 is 4.84 Å². The van der Waals surface area contributed by atoms with Crippen molar-refractivity contribution in [1.82, 2.24) is 25.2 Å². The van der Waals surface area contributed by atoms with Crippen molar-refractivity contribution >= 4 is 17.2 Å². The van der Waals surface area contributed by atoms with Crippen molar-refractivity contribution in [2.75, 3.05) is 0 Å². The first kappa shape index (κ1) is 16.4. The van der Waals surface area contributed by atoms with Crippen molar-refractivity contribution in [1.29, 1.82) is 0 Å². The largest absolute Gasteiger partial charge is 0.387 e. The quantitative estimate of drug-likeness (QED) is 0.308. The van der Waals surface area contributed by atoms with Crippen LogP contribution in [0.25, 0.3) is 0 Å². The lowest BCUT2D eigenvalue weighted by Crippen LogP contribution is -2.17. The molecule has 0 unspecified atom stereocenters. The molecule has 1 aliphatic carbocycles. The number of nitrogens with zero attached hydrogens (tertiary/aromatic N) is 6. The van der Waals surface area contributed by atoms with E-state index in [1.807, 2.05) is 42.6 Å². The molecule has 0 atom stereocenters. The third kappa shape index (κ3) is 3.95. The van der Waals surface area contributed by atoms with Crippen LogP contribution < -0.4 is 0 Å². The Hall–Kier alpha value is -3.05. The SMILES string of the molecule is Cc1nnnn1/C(=N/OCc1csc(C#CC2CC2)n1)c1ccccc1. The van der Waals surface area contributed by atoms with Gasteiger partial charge in [-0.25, -0.2) is 4.98 Å². The Morgan fingerprint density at radius 1 is 1.35 bits per heavy atom. The molecule has 3 aromatic rings. The van der Waals surface area contributed by atoms with Gasteiger partial charge in [0.25, 0.3) is 0 Å². The Kier molecular flexibility index (Phi) is 4.71. The molecule has 2 heterocycles. The molecule has 1 fully saturated rings. The number of thiazole rings is 1. The van der Waals surface area contributed by atoms with Gasteiger partial charge in [0.05, 0.1) is 5.69 Å². The van der Waals surface area contributed by atoms with E-state index in [1.165, 1.54) is 24.2 Å². The second-order valence-electron chi connectivity index (χ2n) is 5.88. The Morgan fingerprint density at radius 3 is 2.92 bits per heavy atom. The van der Waals surface area contributed by atoms with Crippen LogP contribution in [0.3, 0.4) is 0 Å². The summed E-state index contributed by atoms with van der Waals surface area (Å²) in [5.41, 5.74) is 1.66. The number of aryl methyl sites for hydroxylation is 1. The lowest BCUT2D eigenvalue weighted by Gasteiger charge is -2.06. The van der Waals surface area contributed by atoms with E-state index in [4.69, 9.17) is 4.84 Å². The molecular formula is C18H16N6OS. The number of rotatable bonds is 4. The summed E-state index contributed by atoms with van der Waals surface area (Å²) in [6.07, 6.45) is 2.42. The summed E-state index contributed by atoms with van der Waals surface area (Å²) >= 11 is 1.52. The van der Waals surface area contributed by atoms with E-state index < -0.39 is 0 Å². The number of tetrazole rings is 1. The third-order valence-corrected chi connectivity index (χ3v) is 4.54. The van der Waals surface area contributed by atoms with Gasteiger partial charge in [-0.15, -0.1) is 16.4 Å². The highest BCUT2D eigenvalue weighted by molar-refractivity contribution is 7.10. The molecule has 8 heteroatoms. The standard InChI is InChI=1S/C18H16N6OS/c1-13-20-22-23-24(13)18(15-5-3-2-4-6-15)21-25-11-16-12-26-17(19-16)10-9-14-7-8-14/h2-6,12,14H,7-8,11H2,1H3/b21-18+. The van der Waals surface area contributed by atoms with Crippen LogP contribution in [0.15, 0.2) is 40.9 Å². The van der Waals surface area contributed by atoms with Crippen molar-refractivity contribution in [3.8, 4) is 11.8 Å². The minimum absolute atomic E-state index is 0.263. The highest BCUT2D eigenvalue weighted by Crippen LogP contribution is 2.27. The number of aromatic nitrogens is 5. The maximum absolute atomic E-state index is 5.53. The molecule has 26 heavy (non-hydrogen) atoms. The van der Waals surface area contributed by atoms with E-state index in [1.54, 1.807) is 4.68 Å². The number of hydrogen-bond acceptors (Lipinski definition) is 7. The zero-order valence-electron chi connectivity index (χ0n) is 14.2. The van der Waals surface area contributed by atoms with E-state index in [0.717, 1.165) is 16.3 Å². The molecule has 0 N–H and O–H groups in total. The van der Waals surface area contributed by atoms with Crippen LogP contribution in [0.2, 0.25) is 0 Å². The van der Waals surface area contributed by atoms with Gasteiger partial charge in [-0.05, 0) is 36.1 Å². The summed E-state index contributed by atoms with van der Waals surface area (Å²) in [5.74, 6) is 8.05. The van der Waals surface area contributed by atoms with E-state index in [9.17, 15) is 0 Å². The van der Waals surface area contributed by atoms with E-state index in [-0.39, 0.29) is 6.61 Å². The molecule has 7 nitrogen and oxygen atoms in total. The molecule has 130 valence electrons. The smallest absolute Gasteiger partial charge is 0.203 e. The topological polar surface area (TPSA) is 78.1 Å². The molecular weight excluding hydrogens is 348 g/mol. The van der Waals surface area contributed by atoms with Gasteiger partial charge >= 0.3 is 0 Å². The molecule has 0 radical (unpaired) electrons. The number of benzene rings is 1. The molecule has 1 saturated carbocycles. The first-order valence-electron chi connectivity index (χ1n) is 8.26. The van der Waals surface area contributed by atoms with Crippen molar-refractivity contribution < 1.29 is 4.84 Å². The van der Waals surface area contributed by atoms with Gasteiger partial charge in [0.15, 0.2) is 17.4 Å². The Labute approximate surface area is 154 Å². The van der Waals surface area contributed by atoms with Crippen LogP contribution >= 0.6 is 11.3 Å². The van der Waals surface area contributed by atoms with Crippen LogP contribution in [-0.2, 0) is 11.4 Å². The first-order chi connectivity index (χ1) is 12.8. The van der Waals surface area contributed by atoms with Crippen LogP contribution in [0, 0.1) is 24.7 Å². The molecule has 4 rings (SSSR count). The summed E-state index contributed by atoms with van der Waals surface area (Å²) in [6.45, 7) is 2.07. The fourth-order valence-electron chi connectivity index (χ4n) is 2.21. The molecule has 0 amide bonds. The Bertz CT molecular complexity index is 978. The average Bonchev–Trinajstić information content (AvgIpc) is 3.24. The maximum atomic E-state index is 5.53. The molecule has 0 aliphatic heterocycles. The summed E-state index contributed by atoms with van der Waals surface area (Å²) in [7, 11) is 0. The summed E-state index contributed by atoms with van der Waals surface area (Å²) in [4.78, 5) is 10.00. The first-order valence-corrected chi connectivity index (χ1v) is 9.14. The molecule has 1 aliphatic rings. The van der Waals surface area contributed by atoms with E-state index in [0.29, 0.717) is 17.6 Å². The summed E-state index contributed by atoms with van der Waals surface area (Å²) in [6, 6.07) is 9.65. The summed E-state index contributed by atoms with van der Waals surface area (Å²) < 4.78 is 1.54. The van der Waals surface area contributed by atoms with Gasteiger partial charge in [0, 0.05) is 16.9 Å². The fraction of sp³-hybridized carbons (Fsp3) is 0.278. The van der Waals surface area contributed by atoms with Gasteiger partial charge in [-0.2, -0.15) is 4.68 Å². The highest BCUT2D eigenvalue weighted by Gasteiger charge is 2.18. The molecule has 0 spiro atoms. The van der Waals surface area contributed by atoms with Crippen molar-refractivity contribution in [2.45, 2.75) is 26.4 Å². The lowest BCUT2D eigenvalue weighted by atomic mass is 10.2. The minimum Gasteiger partial charge on any atom is -0.387 e. The fourth-order valence-corrected chi connectivity index (χ4v) is 2.87.